The van der Waals surface area contributed by atoms with Gasteiger partial charge in [0.1, 0.15) is 0 Å². The second-order valence-electron chi connectivity index (χ2n) is 3.89. The van der Waals surface area contributed by atoms with Crippen molar-refractivity contribution >= 4 is 11.8 Å². The van der Waals surface area contributed by atoms with Gasteiger partial charge in [-0.25, -0.2) is 0 Å². The van der Waals surface area contributed by atoms with Crippen LogP contribution >= 0.6 is 0 Å². The number of amides is 2. The second kappa shape index (κ2) is 8.10. The van der Waals surface area contributed by atoms with Gasteiger partial charge in [0, 0.05) is 39.5 Å². The van der Waals surface area contributed by atoms with Gasteiger partial charge in [0.05, 0.1) is 0 Å². The Bertz CT molecular complexity index is 231. The van der Waals surface area contributed by atoms with E-state index in [2.05, 4.69) is 10.6 Å². The van der Waals surface area contributed by atoms with E-state index in [0.717, 1.165) is 6.54 Å². The smallest absolute Gasteiger partial charge is 0.226 e. The lowest BCUT2D eigenvalue weighted by atomic mass is 10.1. The molecule has 2 amide bonds. The van der Waals surface area contributed by atoms with Crippen LogP contribution in [0.5, 0.6) is 0 Å². The first-order valence-electron chi connectivity index (χ1n) is 5.69. The van der Waals surface area contributed by atoms with Gasteiger partial charge in [0.15, 0.2) is 0 Å². The van der Waals surface area contributed by atoms with Gasteiger partial charge in [-0.1, -0.05) is 13.8 Å². The van der Waals surface area contributed by atoms with Crippen molar-refractivity contribution in [2.45, 2.75) is 20.3 Å². The molecule has 0 radical (unpaired) electrons. The molecule has 0 fully saturated rings. The predicted octanol–water partition coefficient (Wildman–Crippen LogP) is -0.173. The lowest BCUT2D eigenvalue weighted by molar-refractivity contribution is -0.134. The molecule has 0 bridgehead atoms. The Morgan fingerprint density at radius 3 is 2.50 bits per heavy atom. The fourth-order valence-corrected chi connectivity index (χ4v) is 1.33. The molecule has 0 rings (SSSR count). The molecule has 0 aliphatic carbocycles. The standard InChI is InChI=1S/C11H23N3O2/c1-5-13-8-9(2)11(16)14(4)7-6-10(15)12-3/h9,13H,5-8H2,1-4H3,(H,12,15). The Hall–Kier alpha value is -1.10. The molecule has 5 heteroatoms. The third-order valence-electron chi connectivity index (χ3n) is 2.45. The molecule has 94 valence electrons. The van der Waals surface area contributed by atoms with Gasteiger partial charge >= 0.3 is 0 Å². The Labute approximate surface area is 97.6 Å². The minimum Gasteiger partial charge on any atom is -0.359 e. The molecule has 0 aliphatic rings. The molecule has 0 aromatic heterocycles. The molecular weight excluding hydrogens is 206 g/mol. The van der Waals surface area contributed by atoms with E-state index in [0.29, 0.717) is 19.5 Å². The average molecular weight is 229 g/mol. The number of nitrogens with one attached hydrogen (secondary N) is 2. The Morgan fingerprint density at radius 2 is 2.00 bits per heavy atom. The molecule has 1 atom stereocenters. The van der Waals surface area contributed by atoms with Crippen LogP contribution in [0.1, 0.15) is 20.3 Å². The van der Waals surface area contributed by atoms with Crippen molar-refractivity contribution in [1.82, 2.24) is 15.5 Å². The highest BCUT2D eigenvalue weighted by Gasteiger charge is 2.17. The number of carbonyl (C=O) groups is 2. The van der Waals surface area contributed by atoms with Gasteiger partial charge in [0.25, 0.3) is 0 Å². The van der Waals surface area contributed by atoms with E-state index in [9.17, 15) is 9.59 Å². The maximum absolute atomic E-state index is 11.8. The highest BCUT2D eigenvalue weighted by molar-refractivity contribution is 5.80. The largest absolute Gasteiger partial charge is 0.359 e. The summed E-state index contributed by atoms with van der Waals surface area (Å²) >= 11 is 0. The van der Waals surface area contributed by atoms with Crippen molar-refractivity contribution in [3.8, 4) is 0 Å². The summed E-state index contributed by atoms with van der Waals surface area (Å²) in [4.78, 5) is 24.4. The van der Waals surface area contributed by atoms with Crippen LogP contribution in [0.4, 0.5) is 0 Å². The van der Waals surface area contributed by atoms with Gasteiger partial charge in [-0.15, -0.1) is 0 Å². The van der Waals surface area contributed by atoms with Gasteiger partial charge < -0.3 is 15.5 Å². The van der Waals surface area contributed by atoms with E-state index in [1.807, 2.05) is 13.8 Å². The predicted molar refractivity (Wildman–Crippen MR) is 64.0 cm³/mol. The first-order valence-corrected chi connectivity index (χ1v) is 5.69. The molecule has 0 saturated heterocycles. The molecule has 1 unspecified atom stereocenters. The van der Waals surface area contributed by atoms with Crippen molar-refractivity contribution in [1.29, 1.82) is 0 Å². The summed E-state index contributed by atoms with van der Waals surface area (Å²) < 4.78 is 0. The second-order valence-corrected chi connectivity index (χ2v) is 3.89. The molecule has 0 spiro atoms. The maximum Gasteiger partial charge on any atom is 0.226 e. The molecule has 2 N–H and O–H groups in total. The van der Waals surface area contributed by atoms with E-state index in [1.165, 1.54) is 0 Å². The quantitative estimate of drug-likeness (QED) is 0.637. The van der Waals surface area contributed by atoms with E-state index in [1.54, 1.807) is 19.0 Å². The summed E-state index contributed by atoms with van der Waals surface area (Å²) in [6, 6.07) is 0. The Balaban J connectivity index is 3.92. The Morgan fingerprint density at radius 1 is 1.38 bits per heavy atom. The minimum absolute atomic E-state index is 0.0426. The number of rotatable bonds is 7. The van der Waals surface area contributed by atoms with Crippen LogP contribution in [-0.2, 0) is 9.59 Å². The van der Waals surface area contributed by atoms with Crippen LogP contribution in [0.25, 0.3) is 0 Å². The summed E-state index contributed by atoms with van der Waals surface area (Å²) in [5.74, 6) is -0.0153. The van der Waals surface area contributed by atoms with Crippen molar-refractivity contribution in [3.63, 3.8) is 0 Å². The summed E-state index contributed by atoms with van der Waals surface area (Å²) in [6.07, 6.45) is 0.354. The van der Waals surface area contributed by atoms with Crippen molar-refractivity contribution in [3.05, 3.63) is 0 Å². The summed E-state index contributed by atoms with van der Waals surface area (Å²) in [5, 5.41) is 5.67. The average Bonchev–Trinajstić information content (AvgIpc) is 2.31. The fourth-order valence-electron chi connectivity index (χ4n) is 1.33. The minimum atomic E-state index is -0.0466. The SMILES string of the molecule is CCNCC(C)C(=O)N(C)CCC(=O)NC. The van der Waals surface area contributed by atoms with Gasteiger partial charge in [0.2, 0.25) is 11.8 Å². The zero-order chi connectivity index (χ0) is 12.6. The highest BCUT2D eigenvalue weighted by atomic mass is 16.2. The molecular formula is C11H23N3O2. The van der Waals surface area contributed by atoms with E-state index in [4.69, 9.17) is 0 Å². The van der Waals surface area contributed by atoms with Crippen LogP contribution in [0.3, 0.4) is 0 Å². The molecule has 0 aromatic carbocycles. The number of hydrogen-bond donors (Lipinski definition) is 2. The molecule has 0 aromatic rings. The molecule has 16 heavy (non-hydrogen) atoms. The Kier molecular flexibility index (Phi) is 7.54. The third-order valence-corrected chi connectivity index (χ3v) is 2.45. The van der Waals surface area contributed by atoms with Gasteiger partial charge in [-0.2, -0.15) is 0 Å². The number of carbonyl (C=O) groups excluding carboxylic acids is 2. The van der Waals surface area contributed by atoms with Crippen molar-refractivity contribution < 1.29 is 9.59 Å². The van der Waals surface area contributed by atoms with Crippen LogP contribution in [-0.4, -0.2) is 50.4 Å². The molecule has 0 heterocycles. The number of hydrogen-bond acceptors (Lipinski definition) is 3. The van der Waals surface area contributed by atoms with E-state index >= 15 is 0 Å². The maximum atomic E-state index is 11.8. The topological polar surface area (TPSA) is 61.4 Å². The van der Waals surface area contributed by atoms with E-state index < -0.39 is 0 Å². The lowest BCUT2D eigenvalue weighted by Crippen LogP contribution is -2.38. The van der Waals surface area contributed by atoms with Crippen LogP contribution in [0.2, 0.25) is 0 Å². The van der Waals surface area contributed by atoms with Gasteiger partial charge in [-0.3, -0.25) is 9.59 Å². The van der Waals surface area contributed by atoms with Crippen LogP contribution in [0.15, 0.2) is 0 Å². The summed E-state index contributed by atoms with van der Waals surface area (Å²) in [7, 11) is 3.33. The lowest BCUT2D eigenvalue weighted by Gasteiger charge is -2.21. The highest BCUT2D eigenvalue weighted by Crippen LogP contribution is 2.00. The van der Waals surface area contributed by atoms with Crippen molar-refractivity contribution in [2.75, 3.05) is 33.7 Å². The molecule has 5 nitrogen and oxygen atoms in total. The summed E-state index contributed by atoms with van der Waals surface area (Å²) in [6.45, 7) is 5.90. The normalized spacial score (nSPS) is 12.0. The third kappa shape index (κ3) is 5.70. The van der Waals surface area contributed by atoms with Crippen LogP contribution in [0, 0.1) is 5.92 Å². The number of nitrogens with zero attached hydrogens (tertiary/aromatic N) is 1. The first-order chi connectivity index (χ1) is 7.52. The fraction of sp³-hybridized carbons (Fsp3) is 0.818. The molecule has 0 saturated carbocycles. The van der Waals surface area contributed by atoms with E-state index in [-0.39, 0.29) is 17.7 Å². The van der Waals surface area contributed by atoms with Gasteiger partial charge in [-0.05, 0) is 6.54 Å². The monoisotopic (exact) mass is 229 g/mol. The van der Waals surface area contributed by atoms with Crippen LogP contribution < -0.4 is 10.6 Å². The zero-order valence-electron chi connectivity index (χ0n) is 10.7. The molecule has 0 aliphatic heterocycles. The summed E-state index contributed by atoms with van der Waals surface area (Å²) in [5.41, 5.74) is 0. The first kappa shape index (κ1) is 14.9. The van der Waals surface area contributed by atoms with Crippen molar-refractivity contribution in [2.24, 2.45) is 5.92 Å². The zero-order valence-corrected chi connectivity index (χ0v) is 10.7.